The molecule has 0 unspecified atom stereocenters. The number of aryl methyl sites for hydroxylation is 2. The lowest BCUT2D eigenvalue weighted by molar-refractivity contribution is 0.648. The van der Waals surface area contributed by atoms with Crippen molar-refractivity contribution in [2.45, 2.75) is 34.1 Å². The summed E-state index contributed by atoms with van der Waals surface area (Å²) in [4.78, 5) is 4.87. The van der Waals surface area contributed by atoms with Crippen LogP contribution in [0, 0.1) is 19.8 Å². The van der Waals surface area contributed by atoms with Crippen LogP contribution in [0.2, 0.25) is 0 Å². The molecule has 2 aromatic heterocycles. The smallest absolute Gasteiger partial charge is 0.144 e. The minimum absolute atomic E-state index is 0.640. The van der Waals surface area contributed by atoms with E-state index in [1.165, 1.54) is 27.5 Å². The number of hydrogen-bond acceptors (Lipinski definition) is 2. The van der Waals surface area contributed by atoms with E-state index in [1.54, 1.807) is 0 Å². The summed E-state index contributed by atoms with van der Waals surface area (Å²) < 4.78 is 6.31. The van der Waals surface area contributed by atoms with Gasteiger partial charge in [-0.1, -0.05) is 50.2 Å². The molecule has 3 aromatic carbocycles. The maximum absolute atomic E-state index is 6.31. The van der Waals surface area contributed by atoms with Crippen molar-refractivity contribution < 1.29 is 4.42 Å². The third-order valence-corrected chi connectivity index (χ3v) is 5.67. The lowest BCUT2D eigenvalue weighted by atomic mass is 9.95. The van der Waals surface area contributed by atoms with E-state index in [2.05, 4.69) is 70.2 Å². The summed E-state index contributed by atoms with van der Waals surface area (Å²) in [6, 6.07) is 19.5. The van der Waals surface area contributed by atoms with Crippen molar-refractivity contribution in [3.8, 4) is 11.3 Å². The van der Waals surface area contributed by atoms with Crippen LogP contribution in [-0.4, -0.2) is 4.98 Å². The van der Waals surface area contributed by atoms with Crippen LogP contribution in [0.25, 0.3) is 44.0 Å². The second-order valence-electron chi connectivity index (χ2n) is 8.56. The van der Waals surface area contributed by atoms with Gasteiger partial charge in [-0.2, -0.15) is 0 Å². The van der Waals surface area contributed by atoms with Crippen molar-refractivity contribution in [2.24, 2.45) is 5.92 Å². The fraction of sp³-hybridized carbons (Fsp3) is 0.222. The van der Waals surface area contributed by atoms with E-state index in [-0.39, 0.29) is 0 Å². The molecule has 0 radical (unpaired) electrons. The maximum Gasteiger partial charge on any atom is 0.144 e. The quantitative estimate of drug-likeness (QED) is 0.322. The summed E-state index contributed by atoms with van der Waals surface area (Å²) in [5, 5.41) is 4.77. The molecule has 0 atom stereocenters. The Bertz CT molecular complexity index is 1370. The van der Waals surface area contributed by atoms with Crippen molar-refractivity contribution in [3.63, 3.8) is 0 Å². The topological polar surface area (TPSA) is 26.0 Å². The molecule has 0 N–H and O–H groups in total. The van der Waals surface area contributed by atoms with Crippen molar-refractivity contribution >= 4 is 32.7 Å². The first kappa shape index (κ1) is 17.9. The van der Waals surface area contributed by atoms with Crippen LogP contribution in [-0.2, 0) is 6.42 Å². The molecule has 0 bridgehead atoms. The van der Waals surface area contributed by atoms with E-state index in [0.29, 0.717) is 5.92 Å². The van der Waals surface area contributed by atoms with Crippen LogP contribution >= 0.6 is 0 Å². The average molecular weight is 380 g/mol. The molecule has 2 heteroatoms. The van der Waals surface area contributed by atoms with Gasteiger partial charge in [-0.25, -0.2) is 0 Å². The predicted octanol–water partition coefficient (Wildman–Crippen LogP) is 7.62. The van der Waals surface area contributed by atoms with E-state index in [1.807, 2.05) is 18.3 Å². The molecule has 0 saturated heterocycles. The number of para-hydroxylation sites is 1. The minimum atomic E-state index is 0.640. The van der Waals surface area contributed by atoms with Crippen molar-refractivity contribution in [1.29, 1.82) is 0 Å². The van der Waals surface area contributed by atoms with E-state index in [0.717, 1.165) is 39.6 Å². The Kier molecular flexibility index (Phi) is 4.16. The third kappa shape index (κ3) is 3.00. The van der Waals surface area contributed by atoms with E-state index >= 15 is 0 Å². The number of rotatable bonds is 3. The Morgan fingerprint density at radius 1 is 0.862 bits per heavy atom. The van der Waals surface area contributed by atoms with E-state index < -0.39 is 0 Å². The Morgan fingerprint density at radius 2 is 1.69 bits per heavy atom. The molecule has 144 valence electrons. The molecule has 5 rings (SSSR count). The molecule has 29 heavy (non-hydrogen) atoms. The highest BCUT2D eigenvalue weighted by Crippen LogP contribution is 2.39. The summed E-state index contributed by atoms with van der Waals surface area (Å²) in [5.74, 6) is 0.640. The second kappa shape index (κ2) is 6.73. The zero-order chi connectivity index (χ0) is 20.1. The van der Waals surface area contributed by atoms with Gasteiger partial charge in [-0.05, 0) is 66.5 Å². The predicted molar refractivity (Wildman–Crippen MR) is 122 cm³/mol. The van der Waals surface area contributed by atoms with Crippen LogP contribution in [0.15, 0.2) is 65.2 Å². The monoisotopic (exact) mass is 379 g/mol. The zero-order valence-corrected chi connectivity index (χ0v) is 17.4. The van der Waals surface area contributed by atoms with Gasteiger partial charge in [-0.15, -0.1) is 0 Å². The normalized spacial score (nSPS) is 11.9. The second-order valence-corrected chi connectivity index (χ2v) is 8.56. The molecule has 0 aliphatic heterocycles. The SMILES string of the molecule is Cc1cc(-c2ncc(C)c3cc(CC(C)C)ccc23)c2oc3ccccc3c2c1. The zero-order valence-electron chi connectivity index (χ0n) is 17.4. The van der Waals surface area contributed by atoms with Gasteiger partial charge >= 0.3 is 0 Å². The van der Waals surface area contributed by atoms with Crippen molar-refractivity contribution in [3.05, 3.63) is 77.5 Å². The van der Waals surface area contributed by atoms with Crippen LogP contribution in [0.5, 0.6) is 0 Å². The number of hydrogen-bond donors (Lipinski definition) is 0. The molecular formula is C27H25NO. The molecule has 2 nitrogen and oxygen atoms in total. The molecule has 0 saturated carbocycles. The molecule has 0 fully saturated rings. The van der Waals surface area contributed by atoms with Gasteiger partial charge in [0.25, 0.3) is 0 Å². The highest BCUT2D eigenvalue weighted by molar-refractivity contribution is 6.12. The molecule has 0 amide bonds. The molecule has 0 spiro atoms. The van der Waals surface area contributed by atoms with Gasteiger partial charge in [-0.3, -0.25) is 4.98 Å². The fourth-order valence-electron chi connectivity index (χ4n) is 4.38. The van der Waals surface area contributed by atoms with Crippen molar-refractivity contribution in [1.82, 2.24) is 4.98 Å². The van der Waals surface area contributed by atoms with E-state index in [9.17, 15) is 0 Å². The van der Waals surface area contributed by atoms with Gasteiger partial charge in [0.05, 0.1) is 5.69 Å². The first-order chi connectivity index (χ1) is 14.0. The fourth-order valence-corrected chi connectivity index (χ4v) is 4.38. The Hall–Kier alpha value is -3.13. The summed E-state index contributed by atoms with van der Waals surface area (Å²) >= 11 is 0. The highest BCUT2D eigenvalue weighted by atomic mass is 16.3. The first-order valence-corrected chi connectivity index (χ1v) is 10.3. The van der Waals surface area contributed by atoms with Crippen LogP contribution < -0.4 is 0 Å². The van der Waals surface area contributed by atoms with Gasteiger partial charge in [0.15, 0.2) is 0 Å². The van der Waals surface area contributed by atoms with Gasteiger partial charge in [0.1, 0.15) is 11.2 Å². The van der Waals surface area contributed by atoms with Crippen molar-refractivity contribution in [2.75, 3.05) is 0 Å². The summed E-state index contributed by atoms with van der Waals surface area (Å²) in [7, 11) is 0. The summed E-state index contributed by atoms with van der Waals surface area (Å²) in [6.45, 7) is 8.81. The summed E-state index contributed by atoms with van der Waals surface area (Å²) in [6.07, 6.45) is 3.08. The Balaban J connectivity index is 1.82. The average Bonchev–Trinajstić information content (AvgIpc) is 3.06. The number of furan rings is 1. The third-order valence-electron chi connectivity index (χ3n) is 5.67. The number of nitrogens with zero attached hydrogens (tertiary/aromatic N) is 1. The molecule has 5 aromatic rings. The molecule has 2 heterocycles. The largest absolute Gasteiger partial charge is 0.455 e. The Morgan fingerprint density at radius 3 is 2.52 bits per heavy atom. The number of pyridine rings is 1. The number of fused-ring (bicyclic) bond motifs is 4. The number of benzene rings is 3. The number of aromatic nitrogens is 1. The molecule has 0 aliphatic carbocycles. The van der Waals surface area contributed by atoms with E-state index in [4.69, 9.17) is 9.40 Å². The minimum Gasteiger partial charge on any atom is -0.455 e. The highest BCUT2D eigenvalue weighted by Gasteiger charge is 2.17. The standard InChI is InChI=1S/C27H25NO/c1-16(2)11-19-9-10-21-22(14-19)18(4)15-28-26(21)24-13-17(3)12-23-20-7-5-6-8-25(20)29-27(23)24/h5-10,12-16H,11H2,1-4H3. The maximum atomic E-state index is 6.31. The van der Waals surface area contributed by atoms with Gasteiger partial charge in [0, 0.05) is 27.9 Å². The van der Waals surface area contributed by atoms with Crippen LogP contribution in [0.4, 0.5) is 0 Å². The molecule has 0 aliphatic rings. The lowest BCUT2D eigenvalue weighted by Crippen LogP contribution is -1.96. The Labute approximate surface area is 171 Å². The van der Waals surface area contributed by atoms with Crippen LogP contribution in [0.1, 0.15) is 30.5 Å². The first-order valence-electron chi connectivity index (χ1n) is 10.3. The van der Waals surface area contributed by atoms with Crippen LogP contribution in [0.3, 0.4) is 0 Å². The van der Waals surface area contributed by atoms with Gasteiger partial charge < -0.3 is 4.42 Å². The van der Waals surface area contributed by atoms with Gasteiger partial charge in [0.2, 0.25) is 0 Å². The summed E-state index contributed by atoms with van der Waals surface area (Å²) in [5.41, 5.74) is 7.71. The lowest BCUT2D eigenvalue weighted by Gasteiger charge is -2.12. The molecular weight excluding hydrogens is 354 g/mol.